The number of sulfonamides is 1. The topological polar surface area (TPSA) is 53.5 Å². The fraction of sp³-hybridized carbons (Fsp3) is 0.318. The lowest BCUT2D eigenvalue weighted by Crippen LogP contribution is -2.48. The highest BCUT2D eigenvalue weighted by atomic mass is 35.5. The van der Waals surface area contributed by atoms with E-state index in [0.717, 1.165) is 17.2 Å². The SMILES string of the molecule is Cc1cc(C)cc(Cc2csc(N3CCN(S(=O)(=O)c4cccc(Cl)c4)CC3)n2)c1. The first-order valence-electron chi connectivity index (χ1n) is 9.83. The van der Waals surface area contributed by atoms with Crippen LogP contribution >= 0.6 is 22.9 Å². The van der Waals surface area contributed by atoms with Crippen LogP contribution in [0.15, 0.2) is 52.7 Å². The lowest BCUT2D eigenvalue weighted by atomic mass is 10.0. The fourth-order valence-corrected chi connectivity index (χ4v) is 6.40. The van der Waals surface area contributed by atoms with Gasteiger partial charge in [-0.05, 0) is 37.6 Å². The van der Waals surface area contributed by atoms with Crippen LogP contribution in [0.2, 0.25) is 5.02 Å². The summed E-state index contributed by atoms with van der Waals surface area (Å²) in [6.45, 7) is 6.33. The van der Waals surface area contributed by atoms with Crippen molar-refractivity contribution in [2.24, 2.45) is 0 Å². The molecular weight excluding hydrogens is 438 g/mol. The van der Waals surface area contributed by atoms with Crippen LogP contribution in [0.3, 0.4) is 0 Å². The Bertz CT molecular complexity index is 1130. The maximum Gasteiger partial charge on any atom is 0.243 e. The molecule has 0 saturated carbocycles. The van der Waals surface area contributed by atoms with Gasteiger partial charge in [0.15, 0.2) is 5.13 Å². The van der Waals surface area contributed by atoms with Gasteiger partial charge in [-0.2, -0.15) is 4.31 Å². The van der Waals surface area contributed by atoms with Crippen molar-refractivity contribution in [3.05, 3.63) is 75.3 Å². The van der Waals surface area contributed by atoms with Crippen molar-refractivity contribution in [2.45, 2.75) is 25.2 Å². The molecule has 1 aliphatic heterocycles. The molecule has 0 bridgehead atoms. The maximum absolute atomic E-state index is 12.9. The molecule has 1 aliphatic rings. The summed E-state index contributed by atoms with van der Waals surface area (Å²) in [5, 5.41) is 3.48. The van der Waals surface area contributed by atoms with E-state index in [1.54, 1.807) is 29.5 Å². The fourth-order valence-electron chi connectivity index (χ4n) is 3.80. The normalized spacial score (nSPS) is 15.5. The van der Waals surface area contributed by atoms with Crippen molar-refractivity contribution in [2.75, 3.05) is 31.1 Å². The zero-order valence-corrected chi connectivity index (χ0v) is 19.4. The number of aromatic nitrogens is 1. The van der Waals surface area contributed by atoms with E-state index in [2.05, 4.69) is 42.3 Å². The minimum Gasteiger partial charge on any atom is -0.345 e. The van der Waals surface area contributed by atoms with Gasteiger partial charge in [-0.15, -0.1) is 11.3 Å². The second kappa shape index (κ2) is 8.67. The van der Waals surface area contributed by atoms with E-state index in [4.69, 9.17) is 16.6 Å². The number of thiazole rings is 1. The van der Waals surface area contributed by atoms with Gasteiger partial charge < -0.3 is 4.90 Å². The monoisotopic (exact) mass is 461 g/mol. The molecule has 30 heavy (non-hydrogen) atoms. The third kappa shape index (κ3) is 4.70. The van der Waals surface area contributed by atoms with Gasteiger partial charge >= 0.3 is 0 Å². The first-order chi connectivity index (χ1) is 14.3. The van der Waals surface area contributed by atoms with E-state index in [-0.39, 0.29) is 4.90 Å². The highest BCUT2D eigenvalue weighted by Gasteiger charge is 2.29. The number of hydrogen-bond donors (Lipinski definition) is 0. The third-order valence-electron chi connectivity index (χ3n) is 5.15. The minimum atomic E-state index is -3.53. The largest absolute Gasteiger partial charge is 0.345 e. The molecular formula is C22H24ClN3O2S2. The van der Waals surface area contributed by atoms with Gasteiger partial charge in [0.2, 0.25) is 10.0 Å². The molecule has 3 aromatic rings. The van der Waals surface area contributed by atoms with Crippen LogP contribution in [0, 0.1) is 13.8 Å². The molecule has 2 aromatic carbocycles. The molecule has 0 radical (unpaired) electrons. The van der Waals surface area contributed by atoms with Crippen LogP contribution in [0.5, 0.6) is 0 Å². The van der Waals surface area contributed by atoms with Crippen molar-refractivity contribution in [3.63, 3.8) is 0 Å². The zero-order chi connectivity index (χ0) is 21.3. The van der Waals surface area contributed by atoms with Crippen molar-refractivity contribution in [3.8, 4) is 0 Å². The van der Waals surface area contributed by atoms with Crippen molar-refractivity contribution >= 4 is 38.1 Å². The number of benzene rings is 2. The summed E-state index contributed by atoms with van der Waals surface area (Å²) >= 11 is 7.59. The lowest BCUT2D eigenvalue weighted by Gasteiger charge is -2.33. The quantitative estimate of drug-likeness (QED) is 0.560. The highest BCUT2D eigenvalue weighted by Crippen LogP contribution is 2.26. The average Bonchev–Trinajstić information content (AvgIpc) is 3.16. The summed E-state index contributed by atoms with van der Waals surface area (Å²) in [6.07, 6.45) is 0.808. The number of aryl methyl sites for hydroxylation is 2. The summed E-state index contributed by atoms with van der Waals surface area (Å²) in [6, 6.07) is 13.0. The van der Waals surface area contributed by atoms with Crippen LogP contribution in [-0.2, 0) is 16.4 Å². The Morgan fingerprint density at radius 3 is 2.40 bits per heavy atom. The Labute approximate surface area is 187 Å². The molecule has 0 spiro atoms. The van der Waals surface area contributed by atoms with Crippen LogP contribution in [-0.4, -0.2) is 43.9 Å². The maximum atomic E-state index is 12.9. The number of nitrogens with zero attached hydrogens (tertiary/aromatic N) is 3. The molecule has 1 aromatic heterocycles. The summed E-state index contributed by atoms with van der Waals surface area (Å²) < 4.78 is 27.3. The van der Waals surface area contributed by atoms with E-state index in [1.165, 1.54) is 27.1 Å². The smallest absolute Gasteiger partial charge is 0.243 e. The second-order valence-electron chi connectivity index (χ2n) is 7.64. The number of halogens is 1. The van der Waals surface area contributed by atoms with Crippen molar-refractivity contribution in [1.82, 2.24) is 9.29 Å². The van der Waals surface area contributed by atoms with E-state index >= 15 is 0 Å². The molecule has 8 heteroatoms. The number of anilines is 1. The zero-order valence-electron chi connectivity index (χ0n) is 17.0. The predicted octanol–water partition coefficient (Wildman–Crippen LogP) is 4.52. The molecule has 4 rings (SSSR count). The van der Waals surface area contributed by atoms with Gasteiger partial charge in [0.05, 0.1) is 10.6 Å². The van der Waals surface area contributed by atoms with Crippen molar-refractivity contribution in [1.29, 1.82) is 0 Å². The molecule has 5 nitrogen and oxygen atoms in total. The molecule has 0 unspecified atom stereocenters. The number of hydrogen-bond acceptors (Lipinski definition) is 5. The van der Waals surface area contributed by atoms with Crippen LogP contribution in [0.25, 0.3) is 0 Å². The summed E-state index contributed by atoms with van der Waals surface area (Å²) in [4.78, 5) is 7.21. The summed E-state index contributed by atoms with van der Waals surface area (Å²) in [5.41, 5.74) is 4.84. The van der Waals surface area contributed by atoms with E-state index in [1.807, 2.05) is 0 Å². The Morgan fingerprint density at radius 1 is 1.03 bits per heavy atom. The predicted molar refractivity (Wildman–Crippen MR) is 123 cm³/mol. The van der Waals surface area contributed by atoms with Crippen LogP contribution < -0.4 is 4.90 Å². The van der Waals surface area contributed by atoms with Gasteiger partial charge in [0, 0.05) is 43.0 Å². The molecule has 0 aliphatic carbocycles. The standard InChI is InChI=1S/C22H24ClN3O2S2/c1-16-10-17(2)12-18(11-16)13-20-15-29-22(24-20)25-6-8-26(9-7-25)30(27,28)21-5-3-4-19(23)14-21/h3-5,10-12,14-15H,6-9,13H2,1-2H3. The molecule has 1 saturated heterocycles. The summed E-state index contributed by atoms with van der Waals surface area (Å²) in [5.74, 6) is 0. The minimum absolute atomic E-state index is 0.244. The Kier molecular flexibility index (Phi) is 6.16. The van der Waals surface area contributed by atoms with Gasteiger partial charge in [0.25, 0.3) is 0 Å². The van der Waals surface area contributed by atoms with E-state index in [0.29, 0.717) is 31.2 Å². The van der Waals surface area contributed by atoms with Crippen LogP contribution in [0.4, 0.5) is 5.13 Å². The molecule has 2 heterocycles. The lowest BCUT2D eigenvalue weighted by molar-refractivity contribution is 0.384. The molecule has 1 fully saturated rings. The van der Waals surface area contributed by atoms with Gasteiger partial charge in [-0.1, -0.05) is 47.0 Å². The van der Waals surface area contributed by atoms with Crippen LogP contribution in [0.1, 0.15) is 22.4 Å². The Hall–Kier alpha value is -1.93. The van der Waals surface area contributed by atoms with Gasteiger partial charge in [-0.3, -0.25) is 0 Å². The molecule has 0 atom stereocenters. The molecule has 0 amide bonds. The first-order valence-corrected chi connectivity index (χ1v) is 12.5. The highest BCUT2D eigenvalue weighted by molar-refractivity contribution is 7.89. The third-order valence-corrected chi connectivity index (χ3v) is 8.23. The second-order valence-corrected chi connectivity index (χ2v) is 10.9. The number of rotatable bonds is 5. The van der Waals surface area contributed by atoms with Gasteiger partial charge in [-0.25, -0.2) is 13.4 Å². The van der Waals surface area contributed by atoms with Gasteiger partial charge in [0.1, 0.15) is 0 Å². The molecule has 158 valence electrons. The summed E-state index contributed by atoms with van der Waals surface area (Å²) in [7, 11) is -3.53. The Balaban J connectivity index is 1.41. The van der Waals surface area contributed by atoms with Crippen molar-refractivity contribution < 1.29 is 8.42 Å². The molecule has 0 N–H and O–H groups in total. The Morgan fingerprint density at radius 2 is 1.73 bits per heavy atom. The number of piperazine rings is 1. The first kappa shape index (κ1) is 21.3. The average molecular weight is 462 g/mol. The van der Waals surface area contributed by atoms with E-state index in [9.17, 15) is 8.42 Å². The van der Waals surface area contributed by atoms with E-state index < -0.39 is 10.0 Å².